The second kappa shape index (κ2) is 4.60. The van der Waals surface area contributed by atoms with E-state index >= 15 is 0 Å². The molecule has 1 aliphatic rings. The summed E-state index contributed by atoms with van der Waals surface area (Å²) in [5, 5.41) is 0. The summed E-state index contributed by atoms with van der Waals surface area (Å²) in [6, 6.07) is 1.66. The van der Waals surface area contributed by atoms with Crippen LogP contribution in [-0.2, 0) is 4.79 Å². The first-order valence-corrected chi connectivity index (χ1v) is 5.72. The van der Waals surface area contributed by atoms with Crippen molar-refractivity contribution in [3.05, 3.63) is 29.6 Å². The first-order valence-electron chi connectivity index (χ1n) is 5.08. The Morgan fingerprint density at radius 1 is 1.29 bits per heavy atom. The molecule has 1 unspecified atom stereocenters. The van der Waals surface area contributed by atoms with Gasteiger partial charge in [-0.3, -0.25) is 4.79 Å². The molecule has 1 aliphatic heterocycles. The number of carbonyl (C=O) groups excluding carboxylic acids is 1. The van der Waals surface area contributed by atoms with Crippen LogP contribution in [0.5, 0.6) is 0 Å². The molecule has 1 heterocycles. The van der Waals surface area contributed by atoms with Gasteiger partial charge in [0.2, 0.25) is 5.91 Å². The van der Waals surface area contributed by atoms with Gasteiger partial charge in [-0.05, 0) is 11.7 Å². The predicted molar refractivity (Wildman–Crippen MR) is 60.6 cm³/mol. The third kappa shape index (κ3) is 2.26. The van der Waals surface area contributed by atoms with Crippen LogP contribution < -0.4 is 4.90 Å². The van der Waals surface area contributed by atoms with E-state index in [2.05, 4.69) is 12.6 Å². The predicted octanol–water partition coefficient (Wildman–Crippen LogP) is 2.39. The van der Waals surface area contributed by atoms with Crippen LogP contribution in [-0.4, -0.2) is 18.2 Å². The number of rotatable bonds is 2. The fourth-order valence-corrected chi connectivity index (χ4v) is 2.10. The molecule has 0 aromatic heterocycles. The standard InChI is InChI=1S/C11H10F3NOS/c12-8-2-7(3-9(13)11(8)14)15-4-6(5-17)1-10(15)16/h2-3,6,17H,1,4-5H2. The van der Waals surface area contributed by atoms with Gasteiger partial charge in [-0.15, -0.1) is 0 Å². The van der Waals surface area contributed by atoms with E-state index in [-0.39, 0.29) is 17.5 Å². The first-order chi connectivity index (χ1) is 8.02. The summed E-state index contributed by atoms with van der Waals surface area (Å²) < 4.78 is 38.8. The van der Waals surface area contributed by atoms with E-state index in [4.69, 9.17) is 0 Å². The third-order valence-corrected chi connectivity index (χ3v) is 3.26. The van der Waals surface area contributed by atoms with Gasteiger partial charge in [0.15, 0.2) is 17.5 Å². The normalized spacial score (nSPS) is 20.1. The van der Waals surface area contributed by atoms with Gasteiger partial charge in [-0.2, -0.15) is 12.6 Å². The molecular weight excluding hydrogens is 251 g/mol. The van der Waals surface area contributed by atoms with Gasteiger partial charge in [0.25, 0.3) is 0 Å². The van der Waals surface area contributed by atoms with Crippen LogP contribution in [0.4, 0.5) is 18.9 Å². The number of anilines is 1. The molecular formula is C11H10F3NOS. The second-order valence-electron chi connectivity index (χ2n) is 3.98. The molecule has 0 bridgehead atoms. The van der Waals surface area contributed by atoms with Gasteiger partial charge in [0.1, 0.15) is 0 Å². The average molecular weight is 261 g/mol. The molecule has 0 aliphatic carbocycles. The fraction of sp³-hybridized carbons (Fsp3) is 0.364. The van der Waals surface area contributed by atoms with Crippen molar-refractivity contribution in [3.63, 3.8) is 0 Å². The molecule has 0 radical (unpaired) electrons. The van der Waals surface area contributed by atoms with E-state index in [1.807, 2.05) is 0 Å². The van der Waals surface area contributed by atoms with Crippen LogP contribution in [0.15, 0.2) is 12.1 Å². The van der Waals surface area contributed by atoms with Crippen molar-refractivity contribution in [3.8, 4) is 0 Å². The van der Waals surface area contributed by atoms with E-state index in [1.54, 1.807) is 0 Å². The Bertz CT molecular complexity index is 443. The smallest absolute Gasteiger partial charge is 0.227 e. The second-order valence-corrected chi connectivity index (χ2v) is 4.35. The minimum atomic E-state index is -1.52. The molecule has 2 rings (SSSR count). The highest BCUT2D eigenvalue weighted by Gasteiger charge is 2.30. The molecule has 1 saturated heterocycles. The van der Waals surface area contributed by atoms with Gasteiger partial charge in [-0.1, -0.05) is 0 Å². The van der Waals surface area contributed by atoms with Crippen molar-refractivity contribution in [2.24, 2.45) is 5.92 Å². The lowest BCUT2D eigenvalue weighted by Gasteiger charge is -2.16. The van der Waals surface area contributed by atoms with E-state index in [1.165, 1.54) is 4.90 Å². The number of benzene rings is 1. The zero-order valence-electron chi connectivity index (χ0n) is 8.79. The molecule has 1 amide bonds. The molecule has 0 spiro atoms. The lowest BCUT2D eigenvalue weighted by atomic mass is 10.1. The number of carbonyl (C=O) groups is 1. The Balaban J connectivity index is 2.32. The van der Waals surface area contributed by atoms with Crippen molar-refractivity contribution in [2.45, 2.75) is 6.42 Å². The highest BCUT2D eigenvalue weighted by molar-refractivity contribution is 7.80. The maximum absolute atomic E-state index is 13.0. The minimum Gasteiger partial charge on any atom is -0.312 e. The molecule has 1 aromatic carbocycles. The number of amides is 1. The topological polar surface area (TPSA) is 20.3 Å². The summed E-state index contributed by atoms with van der Waals surface area (Å²) in [4.78, 5) is 12.9. The molecule has 17 heavy (non-hydrogen) atoms. The van der Waals surface area contributed by atoms with E-state index < -0.39 is 17.5 Å². The summed E-state index contributed by atoms with van der Waals surface area (Å²) in [5.74, 6) is -3.75. The maximum atomic E-state index is 13.0. The highest BCUT2D eigenvalue weighted by atomic mass is 32.1. The molecule has 6 heteroatoms. The lowest BCUT2D eigenvalue weighted by Crippen LogP contribution is -2.25. The first kappa shape index (κ1) is 12.3. The maximum Gasteiger partial charge on any atom is 0.227 e. The summed E-state index contributed by atoms with van der Waals surface area (Å²) in [7, 11) is 0. The van der Waals surface area contributed by atoms with Crippen LogP contribution in [0, 0.1) is 23.4 Å². The van der Waals surface area contributed by atoms with Gasteiger partial charge >= 0.3 is 0 Å². The molecule has 1 atom stereocenters. The Morgan fingerprint density at radius 2 is 1.88 bits per heavy atom. The fourth-order valence-electron chi connectivity index (χ4n) is 1.85. The summed E-state index contributed by atoms with van der Waals surface area (Å²) >= 11 is 4.08. The third-order valence-electron chi connectivity index (χ3n) is 2.74. The molecule has 0 N–H and O–H groups in total. The van der Waals surface area contributed by atoms with Gasteiger partial charge in [-0.25, -0.2) is 13.2 Å². The monoisotopic (exact) mass is 261 g/mol. The Morgan fingerprint density at radius 3 is 2.35 bits per heavy atom. The Labute approximate surface area is 102 Å². The number of hydrogen-bond donors (Lipinski definition) is 1. The molecule has 0 saturated carbocycles. The van der Waals surface area contributed by atoms with Crippen molar-refractivity contribution in [2.75, 3.05) is 17.2 Å². The summed E-state index contributed by atoms with van der Waals surface area (Å²) in [6.45, 7) is 0.354. The molecule has 1 aromatic rings. The van der Waals surface area contributed by atoms with Crippen molar-refractivity contribution in [1.29, 1.82) is 0 Å². The molecule has 2 nitrogen and oxygen atoms in total. The number of hydrogen-bond acceptors (Lipinski definition) is 2. The Hall–Kier alpha value is -1.17. The van der Waals surface area contributed by atoms with Crippen LogP contribution in [0.3, 0.4) is 0 Å². The molecule has 92 valence electrons. The van der Waals surface area contributed by atoms with Crippen molar-refractivity contribution < 1.29 is 18.0 Å². The lowest BCUT2D eigenvalue weighted by molar-refractivity contribution is -0.117. The van der Waals surface area contributed by atoms with E-state index in [0.29, 0.717) is 18.7 Å². The van der Waals surface area contributed by atoms with Crippen LogP contribution in [0.1, 0.15) is 6.42 Å². The van der Waals surface area contributed by atoms with Crippen LogP contribution in [0.2, 0.25) is 0 Å². The number of thiol groups is 1. The minimum absolute atomic E-state index is 0.0516. The Kier molecular flexibility index (Phi) is 3.33. The van der Waals surface area contributed by atoms with Crippen molar-refractivity contribution >= 4 is 24.2 Å². The van der Waals surface area contributed by atoms with E-state index in [9.17, 15) is 18.0 Å². The highest BCUT2D eigenvalue weighted by Crippen LogP contribution is 2.28. The number of halogens is 3. The summed E-state index contributed by atoms with van der Waals surface area (Å²) in [5.41, 5.74) is 0.0516. The number of nitrogens with zero attached hydrogens (tertiary/aromatic N) is 1. The average Bonchev–Trinajstić information content (AvgIpc) is 2.67. The van der Waals surface area contributed by atoms with E-state index in [0.717, 1.165) is 12.1 Å². The molecule has 1 fully saturated rings. The quantitative estimate of drug-likeness (QED) is 0.640. The zero-order chi connectivity index (χ0) is 12.6. The van der Waals surface area contributed by atoms with Crippen LogP contribution >= 0.6 is 12.6 Å². The summed E-state index contributed by atoms with van der Waals surface area (Å²) in [6.07, 6.45) is 0.296. The zero-order valence-corrected chi connectivity index (χ0v) is 9.68. The van der Waals surface area contributed by atoms with Gasteiger partial charge in [0, 0.05) is 30.8 Å². The largest absolute Gasteiger partial charge is 0.312 e. The van der Waals surface area contributed by atoms with Crippen LogP contribution in [0.25, 0.3) is 0 Å². The van der Waals surface area contributed by atoms with Gasteiger partial charge in [0.05, 0.1) is 0 Å². The SMILES string of the molecule is O=C1CC(CS)CN1c1cc(F)c(F)c(F)c1. The van der Waals surface area contributed by atoms with Gasteiger partial charge < -0.3 is 4.90 Å². The van der Waals surface area contributed by atoms with Crippen molar-refractivity contribution in [1.82, 2.24) is 0 Å².